The molecule has 2 rings (SSSR count). The molecule has 1 atom stereocenters. The van der Waals surface area contributed by atoms with E-state index in [-0.39, 0.29) is 11.8 Å². The SMILES string of the molecule is CCNC(c1ccc(OC)c(F)c1)c1cc(OC)ncn1. The molecule has 0 aliphatic heterocycles. The molecule has 1 aromatic carbocycles. The first-order valence-corrected chi connectivity index (χ1v) is 6.62. The quantitative estimate of drug-likeness (QED) is 0.885. The van der Waals surface area contributed by atoms with Crippen molar-refractivity contribution >= 4 is 0 Å². The maximum atomic E-state index is 13.9. The highest BCUT2D eigenvalue weighted by Crippen LogP contribution is 2.26. The molecule has 1 N–H and O–H groups in total. The number of hydrogen-bond donors (Lipinski definition) is 1. The van der Waals surface area contributed by atoms with Gasteiger partial charge >= 0.3 is 0 Å². The molecule has 5 nitrogen and oxygen atoms in total. The molecule has 0 bridgehead atoms. The van der Waals surface area contributed by atoms with Crippen molar-refractivity contribution in [3.63, 3.8) is 0 Å². The van der Waals surface area contributed by atoms with Crippen molar-refractivity contribution < 1.29 is 13.9 Å². The lowest BCUT2D eigenvalue weighted by Crippen LogP contribution is -2.23. The van der Waals surface area contributed by atoms with Crippen LogP contribution in [0.4, 0.5) is 4.39 Å². The van der Waals surface area contributed by atoms with Gasteiger partial charge in [-0.1, -0.05) is 13.0 Å². The summed E-state index contributed by atoms with van der Waals surface area (Å²) in [5.74, 6) is 0.282. The Morgan fingerprint density at radius 3 is 2.62 bits per heavy atom. The summed E-state index contributed by atoms with van der Waals surface area (Å²) < 4.78 is 23.9. The van der Waals surface area contributed by atoms with Gasteiger partial charge < -0.3 is 14.8 Å². The molecule has 1 aromatic heterocycles. The van der Waals surface area contributed by atoms with Gasteiger partial charge in [-0.3, -0.25) is 0 Å². The van der Waals surface area contributed by atoms with Crippen molar-refractivity contribution in [3.8, 4) is 11.6 Å². The second kappa shape index (κ2) is 6.99. The molecule has 0 saturated carbocycles. The first-order chi connectivity index (χ1) is 10.2. The summed E-state index contributed by atoms with van der Waals surface area (Å²) in [7, 11) is 2.98. The summed E-state index contributed by atoms with van der Waals surface area (Å²) in [4.78, 5) is 8.23. The highest BCUT2D eigenvalue weighted by Gasteiger charge is 2.17. The van der Waals surface area contributed by atoms with Crippen LogP contribution in [0.15, 0.2) is 30.6 Å². The molecule has 0 fully saturated rings. The summed E-state index contributed by atoms with van der Waals surface area (Å²) >= 11 is 0. The predicted molar refractivity (Wildman–Crippen MR) is 77.1 cm³/mol. The Morgan fingerprint density at radius 1 is 1.19 bits per heavy atom. The van der Waals surface area contributed by atoms with E-state index in [1.54, 1.807) is 19.2 Å². The normalized spacial score (nSPS) is 12.0. The van der Waals surface area contributed by atoms with Gasteiger partial charge in [-0.15, -0.1) is 0 Å². The summed E-state index contributed by atoms with van der Waals surface area (Å²) in [6.45, 7) is 2.69. The standard InChI is InChI=1S/C15H18FN3O2/c1-4-17-15(12-8-14(21-3)19-9-18-12)10-5-6-13(20-2)11(16)7-10/h5-9,15,17H,4H2,1-3H3. The first kappa shape index (κ1) is 15.2. The van der Waals surface area contributed by atoms with E-state index in [2.05, 4.69) is 15.3 Å². The molecular formula is C15H18FN3O2. The zero-order chi connectivity index (χ0) is 15.2. The molecular weight excluding hydrogens is 273 g/mol. The number of benzene rings is 1. The van der Waals surface area contributed by atoms with Crippen LogP contribution >= 0.6 is 0 Å². The molecule has 2 aromatic rings. The number of nitrogens with one attached hydrogen (secondary N) is 1. The van der Waals surface area contributed by atoms with E-state index in [1.807, 2.05) is 13.0 Å². The Hall–Kier alpha value is -2.21. The average molecular weight is 291 g/mol. The third kappa shape index (κ3) is 3.46. The number of hydrogen-bond acceptors (Lipinski definition) is 5. The Morgan fingerprint density at radius 2 is 2.00 bits per heavy atom. The van der Waals surface area contributed by atoms with Crippen LogP contribution in [0.25, 0.3) is 0 Å². The summed E-state index contributed by atoms with van der Waals surface area (Å²) in [6.07, 6.45) is 1.43. The fraction of sp³-hybridized carbons (Fsp3) is 0.333. The lowest BCUT2D eigenvalue weighted by atomic mass is 10.0. The first-order valence-electron chi connectivity index (χ1n) is 6.62. The van der Waals surface area contributed by atoms with Gasteiger partial charge in [0.1, 0.15) is 6.33 Å². The highest BCUT2D eigenvalue weighted by atomic mass is 19.1. The number of methoxy groups -OCH3 is 2. The minimum Gasteiger partial charge on any atom is -0.494 e. The lowest BCUT2D eigenvalue weighted by Gasteiger charge is -2.18. The Labute approximate surface area is 123 Å². The molecule has 1 heterocycles. The highest BCUT2D eigenvalue weighted by molar-refractivity contribution is 5.35. The Bertz CT molecular complexity index is 607. The molecule has 0 saturated heterocycles. The maximum absolute atomic E-state index is 13.9. The van der Waals surface area contributed by atoms with Crippen molar-refractivity contribution in [1.29, 1.82) is 0 Å². The zero-order valence-electron chi connectivity index (χ0n) is 12.3. The largest absolute Gasteiger partial charge is 0.494 e. The average Bonchev–Trinajstić information content (AvgIpc) is 2.52. The molecule has 0 radical (unpaired) electrons. The summed E-state index contributed by atoms with van der Waals surface area (Å²) in [5.41, 5.74) is 1.48. The van der Waals surface area contributed by atoms with Crippen LogP contribution in [-0.4, -0.2) is 30.7 Å². The second-order valence-electron chi connectivity index (χ2n) is 4.37. The van der Waals surface area contributed by atoms with Crippen LogP contribution in [0.2, 0.25) is 0 Å². The summed E-state index contributed by atoms with van der Waals surface area (Å²) in [5, 5.41) is 3.28. The van der Waals surface area contributed by atoms with Crippen LogP contribution in [0.5, 0.6) is 11.6 Å². The van der Waals surface area contributed by atoms with E-state index in [0.717, 1.165) is 5.56 Å². The van der Waals surface area contributed by atoms with Gasteiger partial charge in [0.15, 0.2) is 11.6 Å². The van der Waals surface area contributed by atoms with Crippen LogP contribution in [-0.2, 0) is 0 Å². The van der Waals surface area contributed by atoms with Crippen LogP contribution < -0.4 is 14.8 Å². The molecule has 112 valence electrons. The van der Waals surface area contributed by atoms with E-state index >= 15 is 0 Å². The minimum absolute atomic E-state index is 0.217. The third-order valence-electron chi connectivity index (χ3n) is 3.09. The van der Waals surface area contributed by atoms with Crippen LogP contribution in [0.1, 0.15) is 24.2 Å². The molecule has 0 amide bonds. The second-order valence-corrected chi connectivity index (χ2v) is 4.37. The monoisotopic (exact) mass is 291 g/mol. The van der Waals surface area contributed by atoms with Crippen molar-refractivity contribution in [2.45, 2.75) is 13.0 Å². The van der Waals surface area contributed by atoms with E-state index in [1.165, 1.54) is 19.5 Å². The molecule has 0 aliphatic carbocycles. The number of halogens is 1. The van der Waals surface area contributed by atoms with Gasteiger partial charge in [-0.05, 0) is 24.2 Å². The van der Waals surface area contributed by atoms with E-state index < -0.39 is 5.82 Å². The van der Waals surface area contributed by atoms with Gasteiger partial charge in [0, 0.05) is 6.07 Å². The van der Waals surface area contributed by atoms with Crippen molar-refractivity contribution in [3.05, 3.63) is 47.7 Å². The Kier molecular flexibility index (Phi) is 5.05. The molecule has 0 aliphatic rings. The van der Waals surface area contributed by atoms with E-state index in [9.17, 15) is 4.39 Å². The van der Waals surface area contributed by atoms with Crippen molar-refractivity contribution in [2.24, 2.45) is 0 Å². The lowest BCUT2D eigenvalue weighted by molar-refractivity contribution is 0.385. The van der Waals surface area contributed by atoms with Crippen molar-refractivity contribution in [1.82, 2.24) is 15.3 Å². The van der Waals surface area contributed by atoms with Gasteiger partial charge in [-0.25, -0.2) is 14.4 Å². The minimum atomic E-state index is -0.404. The Balaban J connectivity index is 2.40. The fourth-order valence-electron chi connectivity index (χ4n) is 2.08. The van der Waals surface area contributed by atoms with E-state index in [4.69, 9.17) is 9.47 Å². The molecule has 0 spiro atoms. The van der Waals surface area contributed by atoms with Gasteiger partial charge in [0.05, 0.1) is 26.0 Å². The zero-order valence-corrected chi connectivity index (χ0v) is 12.3. The van der Waals surface area contributed by atoms with Gasteiger partial charge in [-0.2, -0.15) is 0 Å². The summed E-state index contributed by atoms with van der Waals surface area (Å²) in [6, 6.07) is 6.35. The maximum Gasteiger partial charge on any atom is 0.216 e. The van der Waals surface area contributed by atoms with E-state index in [0.29, 0.717) is 18.1 Å². The molecule has 21 heavy (non-hydrogen) atoms. The van der Waals surface area contributed by atoms with Crippen molar-refractivity contribution in [2.75, 3.05) is 20.8 Å². The topological polar surface area (TPSA) is 56.3 Å². The smallest absolute Gasteiger partial charge is 0.216 e. The van der Waals surface area contributed by atoms with Gasteiger partial charge in [0.25, 0.3) is 0 Å². The third-order valence-corrected chi connectivity index (χ3v) is 3.09. The number of rotatable bonds is 6. The molecule has 1 unspecified atom stereocenters. The fourth-order valence-corrected chi connectivity index (χ4v) is 2.08. The number of aromatic nitrogens is 2. The number of ether oxygens (including phenoxy) is 2. The van der Waals surface area contributed by atoms with Crippen LogP contribution in [0, 0.1) is 5.82 Å². The van der Waals surface area contributed by atoms with Crippen LogP contribution in [0.3, 0.4) is 0 Å². The number of nitrogens with zero attached hydrogens (tertiary/aromatic N) is 2. The predicted octanol–water partition coefficient (Wildman–Crippen LogP) is 2.33. The molecule has 6 heteroatoms. The van der Waals surface area contributed by atoms with Gasteiger partial charge in [0.2, 0.25) is 5.88 Å².